The van der Waals surface area contributed by atoms with Crippen molar-refractivity contribution in [3.8, 4) is 5.75 Å². The number of hydrogen-bond donors (Lipinski definition) is 1. The zero-order valence-corrected chi connectivity index (χ0v) is 15.9. The largest absolute Gasteiger partial charge is 0.481 e. The molecule has 0 radical (unpaired) electrons. The third-order valence-electron chi connectivity index (χ3n) is 4.66. The van der Waals surface area contributed by atoms with Crippen LogP contribution in [0.3, 0.4) is 0 Å². The Balaban J connectivity index is 2.01. The normalized spacial score (nSPS) is 13.2. The number of amides is 1. The lowest BCUT2D eigenvalue weighted by Gasteiger charge is -2.21. The molecular weight excluding hydrogens is 310 g/mol. The molecule has 3 heteroatoms. The molecule has 25 heavy (non-hydrogen) atoms. The maximum atomic E-state index is 12.6. The molecular formula is C22H29NO2. The van der Waals surface area contributed by atoms with Crippen LogP contribution in [0.4, 0.5) is 0 Å². The summed E-state index contributed by atoms with van der Waals surface area (Å²) in [7, 11) is 0. The third-order valence-corrected chi connectivity index (χ3v) is 4.66. The summed E-state index contributed by atoms with van der Waals surface area (Å²) < 4.78 is 5.89. The van der Waals surface area contributed by atoms with Gasteiger partial charge in [0.25, 0.3) is 5.91 Å². The van der Waals surface area contributed by atoms with E-state index >= 15 is 0 Å². The first kappa shape index (κ1) is 19.0. The van der Waals surface area contributed by atoms with Crippen LogP contribution >= 0.6 is 0 Å². The highest BCUT2D eigenvalue weighted by atomic mass is 16.5. The lowest BCUT2D eigenvalue weighted by molar-refractivity contribution is -0.128. The topological polar surface area (TPSA) is 38.3 Å². The van der Waals surface area contributed by atoms with Crippen molar-refractivity contribution < 1.29 is 9.53 Å². The minimum absolute atomic E-state index is 0.0492. The van der Waals surface area contributed by atoms with Crippen molar-refractivity contribution >= 4 is 5.91 Å². The van der Waals surface area contributed by atoms with Gasteiger partial charge in [-0.15, -0.1) is 0 Å². The van der Waals surface area contributed by atoms with Gasteiger partial charge in [-0.05, 0) is 68.0 Å². The van der Waals surface area contributed by atoms with Gasteiger partial charge in [-0.1, -0.05) is 44.2 Å². The number of hydrogen-bond acceptors (Lipinski definition) is 2. The van der Waals surface area contributed by atoms with Crippen LogP contribution in [-0.2, 0) is 11.2 Å². The second-order valence-electron chi connectivity index (χ2n) is 6.59. The van der Waals surface area contributed by atoms with Gasteiger partial charge in [-0.25, -0.2) is 0 Å². The summed E-state index contributed by atoms with van der Waals surface area (Å²) >= 11 is 0. The molecule has 3 nitrogen and oxygen atoms in total. The first-order valence-electron chi connectivity index (χ1n) is 9.07. The molecule has 2 aromatic carbocycles. The summed E-state index contributed by atoms with van der Waals surface area (Å²) in [5.74, 6) is 0.658. The molecule has 0 aliphatic heterocycles. The highest BCUT2D eigenvalue weighted by molar-refractivity contribution is 5.81. The molecule has 0 aromatic heterocycles. The van der Waals surface area contributed by atoms with E-state index in [1.54, 1.807) is 0 Å². The minimum Gasteiger partial charge on any atom is -0.481 e. The Morgan fingerprint density at radius 2 is 1.72 bits per heavy atom. The van der Waals surface area contributed by atoms with Crippen molar-refractivity contribution in [1.29, 1.82) is 0 Å². The Kier molecular flexibility index (Phi) is 6.63. The van der Waals surface area contributed by atoms with E-state index in [0.717, 1.165) is 17.7 Å². The highest BCUT2D eigenvalue weighted by Crippen LogP contribution is 2.19. The average molecular weight is 339 g/mol. The van der Waals surface area contributed by atoms with Crippen molar-refractivity contribution in [1.82, 2.24) is 5.32 Å². The Morgan fingerprint density at radius 1 is 1.04 bits per heavy atom. The van der Waals surface area contributed by atoms with E-state index in [4.69, 9.17) is 4.74 Å². The highest BCUT2D eigenvalue weighted by Gasteiger charge is 2.20. The van der Waals surface area contributed by atoms with Gasteiger partial charge >= 0.3 is 0 Å². The standard InChI is InChI=1S/C22H29NO2/c1-6-18-9-12-20(13-10-18)25-21(7-2)22(24)23-17(5)19-11-8-15(3)16(4)14-19/h8-14,17,21H,6-7H2,1-5H3,(H,23,24)/t17-,21-/m0/s1. The molecule has 0 spiro atoms. The maximum Gasteiger partial charge on any atom is 0.261 e. The Hall–Kier alpha value is -2.29. The fraction of sp³-hybridized carbons (Fsp3) is 0.409. The average Bonchev–Trinajstić information content (AvgIpc) is 2.62. The number of ether oxygens (including phenoxy) is 1. The van der Waals surface area contributed by atoms with E-state index in [-0.39, 0.29) is 11.9 Å². The molecule has 2 aromatic rings. The molecule has 0 saturated carbocycles. The number of rotatable bonds is 7. The molecule has 0 aliphatic carbocycles. The van der Waals surface area contributed by atoms with E-state index in [9.17, 15) is 4.79 Å². The fourth-order valence-electron chi connectivity index (χ4n) is 2.71. The first-order chi connectivity index (χ1) is 11.9. The fourth-order valence-corrected chi connectivity index (χ4v) is 2.71. The van der Waals surface area contributed by atoms with Crippen molar-refractivity contribution in [3.63, 3.8) is 0 Å². The smallest absolute Gasteiger partial charge is 0.261 e. The van der Waals surface area contributed by atoms with E-state index in [1.807, 2.05) is 38.1 Å². The second kappa shape index (κ2) is 8.70. The quantitative estimate of drug-likeness (QED) is 0.779. The van der Waals surface area contributed by atoms with Gasteiger partial charge in [-0.3, -0.25) is 4.79 Å². The molecule has 0 bridgehead atoms. The summed E-state index contributed by atoms with van der Waals surface area (Å²) in [6, 6.07) is 14.2. The summed E-state index contributed by atoms with van der Waals surface area (Å²) in [6.07, 6.45) is 1.13. The van der Waals surface area contributed by atoms with Gasteiger partial charge < -0.3 is 10.1 Å². The first-order valence-corrected chi connectivity index (χ1v) is 9.07. The molecule has 2 atom stereocenters. The Labute approximate surface area is 151 Å². The molecule has 0 fully saturated rings. The Morgan fingerprint density at radius 3 is 2.28 bits per heavy atom. The molecule has 134 valence electrons. The molecule has 0 aliphatic rings. The monoisotopic (exact) mass is 339 g/mol. The van der Waals surface area contributed by atoms with E-state index in [1.165, 1.54) is 16.7 Å². The zero-order valence-electron chi connectivity index (χ0n) is 15.9. The summed E-state index contributed by atoms with van der Waals surface area (Å²) in [5.41, 5.74) is 4.86. The van der Waals surface area contributed by atoms with Crippen molar-refractivity contribution in [2.75, 3.05) is 0 Å². The zero-order chi connectivity index (χ0) is 18.4. The van der Waals surface area contributed by atoms with Gasteiger partial charge in [0.05, 0.1) is 6.04 Å². The van der Waals surface area contributed by atoms with Gasteiger partial charge in [0.2, 0.25) is 0 Å². The number of carbonyl (C=O) groups is 1. The number of aryl methyl sites for hydroxylation is 3. The van der Waals surface area contributed by atoms with E-state index < -0.39 is 6.10 Å². The van der Waals surface area contributed by atoms with Crippen LogP contribution in [0.25, 0.3) is 0 Å². The molecule has 1 N–H and O–H groups in total. The maximum absolute atomic E-state index is 12.6. The van der Waals surface area contributed by atoms with Crippen LogP contribution in [0, 0.1) is 13.8 Å². The van der Waals surface area contributed by atoms with Gasteiger partial charge in [0.1, 0.15) is 5.75 Å². The summed E-state index contributed by atoms with van der Waals surface area (Å²) in [4.78, 5) is 12.6. The predicted molar refractivity (Wildman–Crippen MR) is 103 cm³/mol. The molecule has 0 saturated heterocycles. The van der Waals surface area contributed by atoms with Crippen LogP contribution in [0.1, 0.15) is 55.5 Å². The predicted octanol–water partition coefficient (Wildman–Crippen LogP) is 4.90. The lowest BCUT2D eigenvalue weighted by atomic mass is 10.0. The van der Waals surface area contributed by atoms with Crippen LogP contribution < -0.4 is 10.1 Å². The Bertz CT molecular complexity index is 706. The molecule has 2 rings (SSSR count). The summed E-state index contributed by atoms with van der Waals surface area (Å²) in [5, 5.41) is 3.07. The van der Waals surface area contributed by atoms with Gasteiger partial charge in [0.15, 0.2) is 6.10 Å². The van der Waals surface area contributed by atoms with Crippen molar-refractivity contribution in [2.24, 2.45) is 0 Å². The SMILES string of the molecule is CCc1ccc(O[C@@H](CC)C(=O)N[C@@H](C)c2ccc(C)c(C)c2)cc1. The number of nitrogens with one attached hydrogen (secondary N) is 1. The number of benzene rings is 2. The van der Waals surface area contributed by atoms with Gasteiger partial charge in [0, 0.05) is 0 Å². The van der Waals surface area contributed by atoms with Crippen LogP contribution in [0.2, 0.25) is 0 Å². The van der Waals surface area contributed by atoms with Crippen LogP contribution in [-0.4, -0.2) is 12.0 Å². The minimum atomic E-state index is -0.485. The van der Waals surface area contributed by atoms with Crippen molar-refractivity contribution in [3.05, 3.63) is 64.7 Å². The van der Waals surface area contributed by atoms with Gasteiger partial charge in [-0.2, -0.15) is 0 Å². The lowest BCUT2D eigenvalue weighted by Crippen LogP contribution is -2.39. The summed E-state index contributed by atoms with van der Waals surface area (Å²) in [6.45, 7) is 10.3. The van der Waals surface area contributed by atoms with Crippen molar-refractivity contribution in [2.45, 2.75) is 59.6 Å². The van der Waals surface area contributed by atoms with Crippen LogP contribution in [0.15, 0.2) is 42.5 Å². The van der Waals surface area contributed by atoms with E-state index in [0.29, 0.717) is 6.42 Å². The molecule has 1 amide bonds. The third kappa shape index (κ3) is 5.09. The van der Waals surface area contributed by atoms with E-state index in [2.05, 4.69) is 44.3 Å². The second-order valence-corrected chi connectivity index (χ2v) is 6.59. The molecule has 0 heterocycles. The van der Waals surface area contributed by atoms with Crippen LogP contribution in [0.5, 0.6) is 5.75 Å². The number of carbonyl (C=O) groups excluding carboxylic acids is 1. The molecule has 0 unspecified atom stereocenters.